The number of nitro benzene ring substituents is 1. The van der Waals surface area contributed by atoms with Crippen LogP contribution in [-0.2, 0) is 0 Å². The molecule has 0 aliphatic carbocycles. The first-order chi connectivity index (χ1) is 11.4. The number of nitrogens with zero attached hydrogens (tertiary/aromatic N) is 1. The van der Waals surface area contributed by atoms with E-state index < -0.39 is 10.8 Å². The Morgan fingerprint density at radius 1 is 1.29 bits per heavy atom. The second-order valence-corrected chi connectivity index (χ2v) is 6.32. The molecule has 24 heavy (non-hydrogen) atoms. The molecule has 0 bridgehead atoms. The van der Waals surface area contributed by atoms with Gasteiger partial charge in [-0.2, -0.15) is 0 Å². The zero-order valence-electron chi connectivity index (χ0n) is 13.0. The van der Waals surface area contributed by atoms with Crippen molar-refractivity contribution in [3.05, 3.63) is 73.9 Å². The van der Waals surface area contributed by atoms with E-state index in [0.29, 0.717) is 5.69 Å². The second kappa shape index (κ2) is 7.91. The quantitative estimate of drug-likeness (QED) is 0.308. The average molecular weight is 437 g/mol. The number of rotatable bonds is 6. The van der Waals surface area contributed by atoms with Gasteiger partial charge in [0.25, 0.3) is 11.6 Å². The predicted octanol–water partition coefficient (Wildman–Crippen LogP) is 4.17. The van der Waals surface area contributed by atoms with Crippen LogP contribution in [-0.4, -0.2) is 17.4 Å². The molecule has 0 heterocycles. The van der Waals surface area contributed by atoms with Crippen molar-refractivity contribution in [1.82, 2.24) is 5.32 Å². The van der Waals surface area contributed by atoms with Gasteiger partial charge in [-0.1, -0.05) is 6.08 Å². The van der Waals surface area contributed by atoms with Crippen molar-refractivity contribution in [2.24, 2.45) is 0 Å². The molecule has 0 aliphatic heterocycles. The number of nitrogens with one attached hydrogen (secondary N) is 2. The van der Waals surface area contributed by atoms with E-state index in [1.54, 1.807) is 12.1 Å². The normalized spacial score (nSPS) is 10.1. The summed E-state index contributed by atoms with van der Waals surface area (Å²) in [6.07, 6.45) is 1.55. The molecule has 0 aliphatic rings. The van der Waals surface area contributed by atoms with Crippen LogP contribution in [0.1, 0.15) is 15.9 Å². The molecule has 2 rings (SSSR count). The van der Waals surface area contributed by atoms with Crippen LogP contribution in [0.2, 0.25) is 0 Å². The van der Waals surface area contributed by atoms with Crippen molar-refractivity contribution in [2.45, 2.75) is 6.92 Å². The SMILES string of the molecule is C=CCNC(=O)c1cc([N+](=O)[O-])ccc1Nc1ccc(I)cc1C. The van der Waals surface area contributed by atoms with E-state index in [0.717, 1.165) is 14.8 Å². The minimum atomic E-state index is -0.524. The number of amides is 1. The molecule has 0 saturated carbocycles. The number of halogens is 1. The maximum absolute atomic E-state index is 12.3. The van der Waals surface area contributed by atoms with Crippen LogP contribution in [0.15, 0.2) is 49.1 Å². The van der Waals surface area contributed by atoms with Crippen molar-refractivity contribution in [3.63, 3.8) is 0 Å². The highest BCUT2D eigenvalue weighted by Crippen LogP contribution is 2.27. The Labute approximate surface area is 153 Å². The van der Waals surface area contributed by atoms with E-state index in [4.69, 9.17) is 0 Å². The average Bonchev–Trinajstić information content (AvgIpc) is 2.55. The first-order valence-electron chi connectivity index (χ1n) is 7.13. The number of aryl methyl sites for hydroxylation is 1. The molecule has 0 aromatic heterocycles. The molecule has 0 fully saturated rings. The fourth-order valence-electron chi connectivity index (χ4n) is 2.12. The standard InChI is InChI=1S/C17H16IN3O3/c1-3-8-19-17(22)14-10-13(21(23)24)5-7-16(14)20-15-6-4-12(18)9-11(15)2/h3-7,9-10,20H,1,8H2,2H3,(H,19,22). The lowest BCUT2D eigenvalue weighted by Gasteiger charge is -2.14. The smallest absolute Gasteiger partial charge is 0.270 e. The fourth-order valence-corrected chi connectivity index (χ4v) is 2.76. The van der Waals surface area contributed by atoms with Crippen LogP contribution in [0.25, 0.3) is 0 Å². The zero-order chi connectivity index (χ0) is 17.7. The molecule has 2 N–H and O–H groups in total. The van der Waals surface area contributed by atoms with E-state index in [2.05, 4.69) is 39.8 Å². The van der Waals surface area contributed by atoms with Gasteiger partial charge >= 0.3 is 0 Å². The van der Waals surface area contributed by atoms with E-state index >= 15 is 0 Å². The number of carbonyl (C=O) groups excluding carboxylic acids is 1. The topological polar surface area (TPSA) is 84.3 Å². The Kier molecular flexibility index (Phi) is 5.91. The van der Waals surface area contributed by atoms with Crippen LogP contribution >= 0.6 is 22.6 Å². The Morgan fingerprint density at radius 2 is 2.00 bits per heavy atom. The number of hydrogen-bond donors (Lipinski definition) is 2. The number of nitro groups is 1. The molecule has 0 unspecified atom stereocenters. The zero-order valence-corrected chi connectivity index (χ0v) is 15.2. The number of non-ortho nitro benzene ring substituents is 1. The highest BCUT2D eigenvalue weighted by atomic mass is 127. The van der Waals surface area contributed by atoms with Gasteiger partial charge in [0.2, 0.25) is 0 Å². The summed E-state index contributed by atoms with van der Waals surface area (Å²) < 4.78 is 1.10. The molecule has 2 aromatic carbocycles. The Morgan fingerprint density at radius 3 is 2.62 bits per heavy atom. The highest BCUT2D eigenvalue weighted by molar-refractivity contribution is 14.1. The molecule has 0 spiro atoms. The van der Waals surface area contributed by atoms with Crippen LogP contribution in [0, 0.1) is 20.6 Å². The molecule has 7 heteroatoms. The molecule has 0 saturated heterocycles. The van der Waals surface area contributed by atoms with Gasteiger partial charge in [0.15, 0.2) is 0 Å². The minimum absolute atomic E-state index is 0.136. The summed E-state index contributed by atoms with van der Waals surface area (Å²) in [5, 5.41) is 16.8. The summed E-state index contributed by atoms with van der Waals surface area (Å²) in [5.41, 5.74) is 2.43. The number of hydrogen-bond acceptors (Lipinski definition) is 4. The molecular formula is C17H16IN3O3. The maximum Gasteiger partial charge on any atom is 0.270 e. The van der Waals surface area contributed by atoms with Gasteiger partial charge in [0, 0.05) is 27.9 Å². The van der Waals surface area contributed by atoms with Crippen LogP contribution in [0.4, 0.5) is 17.1 Å². The van der Waals surface area contributed by atoms with Gasteiger partial charge in [-0.3, -0.25) is 14.9 Å². The maximum atomic E-state index is 12.3. The summed E-state index contributed by atoms with van der Waals surface area (Å²) in [6.45, 7) is 5.78. The van der Waals surface area contributed by atoms with E-state index in [1.807, 2.05) is 25.1 Å². The molecule has 0 atom stereocenters. The summed E-state index contributed by atoms with van der Waals surface area (Å²) in [7, 11) is 0. The summed E-state index contributed by atoms with van der Waals surface area (Å²) in [4.78, 5) is 22.8. The summed E-state index contributed by atoms with van der Waals surface area (Å²) in [6, 6.07) is 10.0. The van der Waals surface area contributed by atoms with Crippen molar-refractivity contribution in [3.8, 4) is 0 Å². The first-order valence-corrected chi connectivity index (χ1v) is 8.21. The number of carbonyl (C=O) groups is 1. The molecule has 6 nitrogen and oxygen atoms in total. The summed E-state index contributed by atoms with van der Waals surface area (Å²) in [5.74, 6) is -0.399. The predicted molar refractivity (Wildman–Crippen MR) is 103 cm³/mol. The second-order valence-electron chi connectivity index (χ2n) is 5.07. The van der Waals surface area contributed by atoms with E-state index in [9.17, 15) is 14.9 Å². The number of benzene rings is 2. The third-order valence-electron chi connectivity index (χ3n) is 3.32. The monoisotopic (exact) mass is 437 g/mol. The van der Waals surface area contributed by atoms with Crippen molar-refractivity contribution >= 4 is 45.6 Å². The van der Waals surface area contributed by atoms with E-state index in [-0.39, 0.29) is 17.8 Å². The van der Waals surface area contributed by atoms with Crippen LogP contribution in [0.5, 0.6) is 0 Å². The Bertz CT molecular complexity index is 806. The minimum Gasteiger partial charge on any atom is -0.355 e. The van der Waals surface area contributed by atoms with Gasteiger partial charge in [-0.05, 0) is 59.3 Å². The molecule has 1 amide bonds. The van der Waals surface area contributed by atoms with Crippen LogP contribution < -0.4 is 10.6 Å². The van der Waals surface area contributed by atoms with Gasteiger partial charge in [0.05, 0.1) is 16.2 Å². The lowest BCUT2D eigenvalue weighted by Crippen LogP contribution is -2.24. The van der Waals surface area contributed by atoms with Crippen LogP contribution in [0.3, 0.4) is 0 Å². The van der Waals surface area contributed by atoms with Crippen molar-refractivity contribution in [2.75, 3.05) is 11.9 Å². The molecular weight excluding hydrogens is 421 g/mol. The van der Waals surface area contributed by atoms with Gasteiger partial charge in [-0.15, -0.1) is 6.58 Å². The first kappa shape index (κ1) is 17.9. The van der Waals surface area contributed by atoms with Crippen molar-refractivity contribution in [1.29, 1.82) is 0 Å². The highest BCUT2D eigenvalue weighted by Gasteiger charge is 2.17. The van der Waals surface area contributed by atoms with Gasteiger partial charge in [0.1, 0.15) is 0 Å². The fraction of sp³-hybridized carbons (Fsp3) is 0.118. The molecule has 0 radical (unpaired) electrons. The summed E-state index contributed by atoms with van der Waals surface area (Å²) >= 11 is 2.22. The molecule has 2 aromatic rings. The Hall–Kier alpha value is -2.42. The lowest BCUT2D eigenvalue weighted by molar-refractivity contribution is -0.384. The Balaban J connectivity index is 2.42. The van der Waals surface area contributed by atoms with Gasteiger partial charge < -0.3 is 10.6 Å². The van der Waals surface area contributed by atoms with E-state index in [1.165, 1.54) is 12.1 Å². The number of anilines is 2. The molecule has 124 valence electrons. The third-order valence-corrected chi connectivity index (χ3v) is 3.99. The van der Waals surface area contributed by atoms with Gasteiger partial charge in [-0.25, -0.2) is 0 Å². The lowest BCUT2D eigenvalue weighted by atomic mass is 10.1. The third kappa shape index (κ3) is 4.31. The van der Waals surface area contributed by atoms with Crippen molar-refractivity contribution < 1.29 is 9.72 Å². The largest absolute Gasteiger partial charge is 0.355 e.